The summed E-state index contributed by atoms with van der Waals surface area (Å²) < 4.78 is 16.5. The fraction of sp³-hybridized carbons (Fsp3) is 0.290. The number of aryl methyl sites for hydroxylation is 1. The molecule has 40 heavy (non-hydrogen) atoms. The minimum Gasteiger partial charge on any atom is -0.377 e. The number of piperidine rings is 1. The van der Waals surface area contributed by atoms with Gasteiger partial charge >= 0.3 is 0 Å². The number of likely N-dealkylation sites (tertiary alicyclic amines) is 1. The highest BCUT2D eigenvalue weighted by Crippen LogP contribution is 2.45. The Morgan fingerprint density at radius 1 is 1.25 bits per heavy atom. The van der Waals surface area contributed by atoms with E-state index in [9.17, 15) is 10.1 Å². The molecule has 0 saturated carbocycles. The third-order valence-electron chi connectivity index (χ3n) is 8.33. The summed E-state index contributed by atoms with van der Waals surface area (Å²) in [6.07, 6.45) is 6.53. The van der Waals surface area contributed by atoms with Crippen LogP contribution < -0.4 is 10.2 Å². The lowest BCUT2D eigenvalue weighted by molar-refractivity contribution is -0.139. The largest absolute Gasteiger partial charge is 0.377 e. The molecule has 2 aliphatic rings. The molecule has 2 aromatic heterocycles. The maximum absolute atomic E-state index is 16.5. The van der Waals surface area contributed by atoms with Gasteiger partial charge in [0.25, 0.3) is 0 Å². The van der Waals surface area contributed by atoms with Crippen LogP contribution >= 0.6 is 0 Å². The molecule has 4 heterocycles. The lowest BCUT2D eigenvalue weighted by Crippen LogP contribution is -2.61. The second-order valence-electron chi connectivity index (χ2n) is 10.8. The van der Waals surface area contributed by atoms with Crippen LogP contribution in [0.3, 0.4) is 0 Å². The number of pyridine rings is 1. The number of benzene rings is 2. The average Bonchev–Trinajstić information content (AvgIpc) is 3.44. The predicted octanol–water partition coefficient (Wildman–Crippen LogP) is 5.17. The highest BCUT2D eigenvalue weighted by molar-refractivity contribution is 6.00. The Morgan fingerprint density at radius 2 is 2.05 bits per heavy atom. The number of nitrogens with zero attached hydrogens (tertiary/aromatic N) is 5. The van der Waals surface area contributed by atoms with Crippen LogP contribution in [-0.2, 0) is 11.3 Å². The van der Waals surface area contributed by atoms with Gasteiger partial charge in [-0.3, -0.25) is 14.9 Å². The molecule has 202 valence electrons. The van der Waals surface area contributed by atoms with Crippen LogP contribution in [0.25, 0.3) is 22.0 Å². The van der Waals surface area contributed by atoms with Gasteiger partial charge in [-0.2, -0.15) is 10.4 Å². The minimum absolute atomic E-state index is 0.0320. The maximum Gasteiger partial charge on any atom is 0.245 e. The molecule has 1 amide bonds. The van der Waals surface area contributed by atoms with Gasteiger partial charge < -0.3 is 15.1 Å². The highest BCUT2D eigenvalue weighted by Gasteiger charge is 2.46. The van der Waals surface area contributed by atoms with E-state index in [0.717, 1.165) is 48.1 Å². The molecule has 2 N–H and O–H groups in total. The van der Waals surface area contributed by atoms with Gasteiger partial charge in [-0.15, -0.1) is 0 Å². The number of amides is 1. The second kappa shape index (κ2) is 10.1. The Kier molecular flexibility index (Phi) is 6.46. The van der Waals surface area contributed by atoms with Crippen molar-refractivity contribution in [3.8, 4) is 17.2 Å². The van der Waals surface area contributed by atoms with Crippen LogP contribution in [0, 0.1) is 29.5 Å². The topological polar surface area (TPSA) is 101 Å². The van der Waals surface area contributed by atoms with Crippen LogP contribution in [0.5, 0.6) is 0 Å². The number of anilines is 2. The summed E-state index contributed by atoms with van der Waals surface area (Å²) >= 11 is 0. The second-order valence-corrected chi connectivity index (χ2v) is 10.8. The van der Waals surface area contributed by atoms with Crippen molar-refractivity contribution in [2.24, 2.45) is 5.41 Å². The number of rotatable bonds is 6. The monoisotopic (exact) mass is 535 g/mol. The number of carbonyl (C=O) groups excluding carboxylic acids is 1. The molecular weight excluding hydrogens is 505 g/mol. The van der Waals surface area contributed by atoms with Gasteiger partial charge in [-0.05, 0) is 61.2 Å². The molecule has 0 atom stereocenters. The van der Waals surface area contributed by atoms with Crippen molar-refractivity contribution in [2.75, 3.05) is 36.4 Å². The lowest BCUT2D eigenvalue weighted by Gasteiger charge is -2.54. The standard InChI is InChI=1S/C31H30FN7O/c1-3-27(40)39-18-31(19-39)9-12-38(13-10-31)26-14-25(35-16-21-6-4-5-11-34-21)30(32)29(22(26)15-33)28-20(2)7-8-24-23(28)17-36-37-24/h3-8,11,14,17,35H,1,9-10,12-13,16,18-19H2,2H3,(H,36,37). The zero-order valence-corrected chi connectivity index (χ0v) is 22.4. The van der Waals surface area contributed by atoms with E-state index in [-0.39, 0.29) is 16.9 Å². The number of fused-ring (bicyclic) bond motifs is 1. The first kappa shape index (κ1) is 25.6. The molecule has 2 aliphatic heterocycles. The Balaban J connectivity index is 1.41. The molecule has 0 bridgehead atoms. The van der Waals surface area contributed by atoms with Crippen LogP contribution in [-0.4, -0.2) is 52.2 Å². The summed E-state index contributed by atoms with van der Waals surface area (Å²) in [5.74, 6) is -0.505. The molecule has 2 saturated heterocycles. The summed E-state index contributed by atoms with van der Waals surface area (Å²) in [6.45, 7) is 8.74. The van der Waals surface area contributed by atoms with E-state index < -0.39 is 5.82 Å². The summed E-state index contributed by atoms with van der Waals surface area (Å²) in [5, 5.41) is 21.6. The lowest BCUT2D eigenvalue weighted by atomic mass is 9.71. The summed E-state index contributed by atoms with van der Waals surface area (Å²) in [7, 11) is 0. The van der Waals surface area contributed by atoms with Crippen molar-refractivity contribution in [3.05, 3.63) is 84.1 Å². The van der Waals surface area contributed by atoms with Crippen molar-refractivity contribution in [1.82, 2.24) is 20.1 Å². The van der Waals surface area contributed by atoms with E-state index in [2.05, 4.69) is 38.0 Å². The van der Waals surface area contributed by atoms with Crippen molar-refractivity contribution in [2.45, 2.75) is 26.3 Å². The third-order valence-corrected chi connectivity index (χ3v) is 8.33. The minimum atomic E-state index is -0.473. The number of H-pyrrole nitrogens is 1. The summed E-state index contributed by atoms with van der Waals surface area (Å²) in [5.41, 5.74) is 4.78. The van der Waals surface area contributed by atoms with Crippen molar-refractivity contribution >= 4 is 28.2 Å². The van der Waals surface area contributed by atoms with Crippen molar-refractivity contribution in [1.29, 1.82) is 5.26 Å². The predicted molar refractivity (Wildman–Crippen MR) is 153 cm³/mol. The van der Waals surface area contributed by atoms with Crippen LogP contribution in [0.2, 0.25) is 0 Å². The van der Waals surface area contributed by atoms with E-state index in [4.69, 9.17) is 0 Å². The molecule has 0 unspecified atom stereocenters. The Labute approximate surface area is 232 Å². The molecule has 4 aromatic rings. The normalized spacial score (nSPS) is 16.0. The van der Waals surface area contributed by atoms with Crippen LogP contribution in [0.15, 0.2) is 61.4 Å². The zero-order valence-electron chi connectivity index (χ0n) is 22.4. The molecule has 6 rings (SSSR count). The van der Waals surface area contributed by atoms with Crippen LogP contribution in [0.4, 0.5) is 15.8 Å². The first-order chi connectivity index (χ1) is 19.4. The maximum atomic E-state index is 16.5. The number of nitrogens with one attached hydrogen (secondary N) is 2. The van der Waals surface area contributed by atoms with Crippen molar-refractivity contribution < 1.29 is 9.18 Å². The quantitative estimate of drug-likeness (QED) is 0.331. The molecule has 0 radical (unpaired) electrons. The van der Waals surface area contributed by atoms with E-state index >= 15 is 4.39 Å². The number of aromatic amines is 1. The fourth-order valence-corrected chi connectivity index (χ4v) is 6.10. The van der Waals surface area contributed by atoms with Gasteiger partial charge in [0.2, 0.25) is 5.91 Å². The number of aromatic nitrogens is 3. The molecule has 2 aromatic carbocycles. The van der Waals surface area contributed by atoms with E-state index in [1.807, 2.05) is 42.2 Å². The third kappa shape index (κ3) is 4.35. The molecule has 8 nitrogen and oxygen atoms in total. The van der Waals surface area contributed by atoms with Crippen LogP contribution in [0.1, 0.15) is 29.7 Å². The first-order valence-corrected chi connectivity index (χ1v) is 13.4. The van der Waals surface area contributed by atoms with Gasteiger partial charge in [0.05, 0.1) is 40.9 Å². The number of halogens is 1. The summed E-state index contributed by atoms with van der Waals surface area (Å²) in [4.78, 5) is 20.4. The number of hydrogen-bond donors (Lipinski definition) is 2. The van der Waals surface area contributed by atoms with E-state index in [1.54, 1.807) is 18.5 Å². The van der Waals surface area contributed by atoms with E-state index in [1.165, 1.54) is 6.08 Å². The molecule has 1 spiro atoms. The SMILES string of the molecule is C=CC(=O)N1CC2(CCN(c3cc(NCc4ccccn4)c(F)c(-c4c(C)ccc5[nH]ncc45)c3C#N)CC2)C1. The fourth-order valence-electron chi connectivity index (χ4n) is 6.10. The first-order valence-electron chi connectivity index (χ1n) is 13.4. The Hall–Kier alpha value is -4.71. The molecule has 0 aliphatic carbocycles. The number of nitriles is 1. The molecule has 2 fully saturated rings. The van der Waals surface area contributed by atoms with Gasteiger partial charge in [0.15, 0.2) is 5.82 Å². The van der Waals surface area contributed by atoms with E-state index in [0.29, 0.717) is 42.1 Å². The highest BCUT2D eigenvalue weighted by atomic mass is 19.1. The summed E-state index contributed by atoms with van der Waals surface area (Å²) in [6, 6.07) is 13.6. The smallest absolute Gasteiger partial charge is 0.245 e. The molecular formula is C31H30FN7O. The zero-order chi connectivity index (χ0) is 27.9. The van der Waals surface area contributed by atoms with Gasteiger partial charge in [0, 0.05) is 48.7 Å². The van der Waals surface area contributed by atoms with Gasteiger partial charge in [0.1, 0.15) is 6.07 Å². The van der Waals surface area contributed by atoms with Gasteiger partial charge in [-0.25, -0.2) is 4.39 Å². The number of carbonyl (C=O) groups is 1. The Morgan fingerprint density at radius 3 is 2.75 bits per heavy atom. The van der Waals surface area contributed by atoms with Crippen molar-refractivity contribution in [3.63, 3.8) is 0 Å². The Bertz CT molecular complexity index is 1640. The number of hydrogen-bond acceptors (Lipinski definition) is 6. The molecule has 9 heteroatoms. The average molecular weight is 536 g/mol. The van der Waals surface area contributed by atoms with Gasteiger partial charge in [-0.1, -0.05) is 18.7 Å².